The Labute approximate surface area is 177 Å². The number of carbonyl (C=O) groups excluding carboxylic acids is 1. The topological polar surface area (TPSA) is 50.2 Å². The molecule has 2 aliphatic rings. The fraction of sp³-hybridized carbons (Fsp3) is 0.360. The Bertz CT molecular complexity index is 989. The number of carbonyl (C=O) groups is 1. The van der Waals surface area contributed by atoms with E-state index in [1.165, 1.54) is 18.4 Å². The van der Waals surface area contributed by atoms with E-state index in [2.05, 4.69) is 39.6 Å². The minimum Gasteiger partial charge on any atom is -0.350 e. The van der Waals surface area contributed by atoms with Crippen molar-refractivity contribution in [1.29, 1.82) is 0 Å². The van der Waals surface area contributed by atoms with Gasteiger partial charge in [-0.25, -0.2) is 4.68 Å². The first kappa shape index (κ1) is 19.1. The Hall–Kier alpha value is -2.92. The fourth-order valence-corrected chi connectivity index (χ4v) is 4.53. The van der Waals surface area contributed by atoms with Crippen LogP contribution < -0.4 is 5.32 Å². The normalized spacial score (nSPS) is 17.7. The average Bonchev–Trinajstić information content (AvgIpc) is 3.30. The van der Waals surface area contributed by atoms with Crippen molar-refractivity contribution >= 4 is 5.91 Å². The molecule has 0 spiro atoms. The minimum atomic E-state index is -0.0146. The van der Waals surface area contributed by atoms with E-state index in [1.54, 1.807) is 6.20 Å². The van der Waals surface area contributed by atoms with Crippen LogP contribution in [0.3, 0.4) is 0 Å². The summed E-state index contributed by atoms with van der Waals surface area (Å²) in [5.74, 6) is 0.413. The van der Waals surface area contributed by atoms with Crippen molar-refractivity contribution in [3.8, 4) is 5.69 Å². The number of aromatic nitrogens is 2. The molecular formula is C25H28N4O. The highest BCUT2D eigenvalue weighted by atomic mass is 16.1. The summed E-state index contributed by atoms with van der Waals surface area (Å²) in [5.41, 5.74) is 4.05. The number of likely N-dealkylation sites (tertiary alicyclic amines) is 1. The Morgan fingerprint density at radius 1 is 1.00 bits per heavy atom. The molecular weight excluding hydrogens is 372 g/mol. The molecule has 154 valence electrons. The lowest BCUT2D eigenvalue weighted by atomic mass is 10.1. The monoisotopic (exact) mass is 400 g/mol. The number of rotatable bonds is 7. The zero-order chi connectivity index (χ0) is 20.3. The minimum absolute atomic E-state index is 0.0146. The second-order valence-electron chi connectivity index (χ2n) is 8.34. The van der Waals surface area contributed by atoms with Crippen LogP contribution in [0.25, 0.3) is 5.69 Å². The standard InChI is InChI=1S/C25H28N4O/c30-25(26-18-23(28-15-7-8-16-28)19-9-3-1-4-10-19)22-17-27-29(24(22)20-13-14-20)21-11-5-2-6-12-21/h1-6,9-12,17,20,23H,7-8,13-16,18H2,(H,26,30). The summed E-state index contributed by atoms with van der Waals surface area (Å²) in [7, 11) is 0. The maximum Gasteiger partial charge on any atom is 0.254 e. The third-order valence-corrected chi connectivity index (χ3v) is 6.24. The van der Waals surface area contributed by atoms with E-state index in [0.717, 1.165) is 42.9 Å². The lowest BCUT2D eigenvalue weighted by molar-refractivity contribution is 0.0937. The maximum atomic E-state index is 13.2. The maximum absolute atomic E-state index is 13.2. The molecule has 1 saturated carbocycles. The van der Waals surface area contributed by atoms with Crippen LogP contribution in [0.5, 0.6) is 0 Å². The van der Waals surface area contributed by atoms with Gasteiger partial charge in [-0.15, -0.1) is 0 Å². The van der Waals surface area contributed by atoms with Gasteiger partial charge < -0.3 is 5.32 Å². The van der Waals surface area contributed by atoms with Gasteiger partial charge in [-0.1, -0.05) is 48.5 Å². The number of para-hydroxylation sites is 1. The van der Waals surface area contributed by atoms with E-state index in [-0.39, 0.29) is 11.9 Å². The molecule has 30 heavy (non-hydrogen) atoms. The van der Waals surface area contributed by atoms with Crippen LogP contribution in [0.15, 0.2) is 66.9 Å². The fourth-order valence-electron chi connectivity index (χ4n) is 4.53. The molecule has 0 radical (unpaired) electrons. The lowest BCUT2D eigenvalue weighted by Crippen LogP contribution is -2.37. The van der Waals surface area contributed by atoms with E-state index in [9.17, 15) is 4.79 Å². The molecule has 1 unspecified atom stereocenters. The van der Waals surface area contributed by atoms with Crippen LogP contribution in [0, 0.1) is 0 Å². The molecule has 3 aromatic rings. The van der Waals surface area contributed by atoms with E-state index >= 15 is 0 Å². The van der Waals surface area contributed by atoms with Crippen molar-refractivity contribution in [2.24, 2.45) is 0 Å². The smallest absolute Gasteiger partial charge is 0.254 e. The molecule has 0 bridgehead atoms. The van der Waals surface area contributed by atoms with Gasteiger partial charge in [0.15, 0.2) is 0 Å². The molecule has 2 aromatic carbocycles. The summed E-state index contributed by atoms with van der Waals surface area (Å²) in [4.78, 5) is 15.7. The van der Waals surface area contributed by atoms with E-state index < -0.39 is 0 Å². The van der Waals surface area contributed by atoms with Gasteiger partial charge in [0.2, 0.25) is 0 Å². The summed E-state index contributed by atoms with van der Waals surface area (Å²) in [5, 5.41) is 7.81. The van der Waals surface area contributed by atoms with Gasteiger partial charge >= 0.3 is 0 Å². The highest BCUT2D eigenvalue weighted by molar-refractivity contribution is 5.95. The molecule has 1 aliphatic heterocycles. The number of amides is 1. The molecule has 1 atom stereocenters. The largest absolute Gasteiger partial charge is 0.350 e. The van der Waals surface area contributed by atoms with Gasteiger partial charge in [0, 0.05) is 12.5 Å². The van der Waals surface area contributed by atoms with E-state index in [1.807, 2.05) is 41.1 Å². The highest BCUT2D eigenvalue weighted by Gasteiger charge is 2.33. The van der Waals surface area contributed by atoms with Crippen LogP contribution >= 0.6 is 0 Å². The Kier molecular flexibility index (Phi) is 5.37. The summed E-state index contributed by atoms with van der Waals surface area (Å²) < 4.78 is 1.95. The Balaban J connectivity index is 1.37. The van der Waals surface area contributed by atoms with E-state index in [4.69, 9.17) is 0 Å². The third-order valence-electron chi connectivity index (χ3n) is 6.24. The summed E-state index contributed by atoms with van der Waals surface area (Å²) in [6.45, 7) is 2.80. The van der Waals surface area contributed by atoms with Gasteiger partial charge in [-0.05, 0) is 56.5 Å². The van der Waals surface area contributed by atoms with Crippen LogP contribution in [0.2, 0.25) is 0 Å². The summed E-state index contributed by atoms with van der Waals surface area (Å²) >= 11 is 0. The van der Waals surface area contributed by atoms with Crippen molar-refractivity contribution in [2.75, 3.05) is 19.6 Å². The molecule has 1 N–H and O–H groups in total. The van der Waals surface area contributed by atoms with Crippen molar-refractivity contribution in [1.82, 2.24) is 20.0 Å². The predicted octanol–water partition coefficient (Wildman–Crippen LogP) is 4.32. The van der Waals surface area contributed by atoms with Crippen LogP contribution in [0.4, 0.5) is 0 Å². The third kappa shape index (κ3) is 3.90. The van der Waals surface area contributed by atoms with E-state index in [0.29, 0.717) is 12.5 Å². The van der Waals surface area contributed by atoms with Crippen LogP contribution in [-0.2, 0) is 0 Å². The molecule has 2 heterocycles. The SMILES string of the molecule is O=C(NCC(c1ccccc1)N1CCCC1)c1cnn(-c2ccccc2)c1C1CC1. The first-order valence-electron chi connectivity index (χ1n) is 11.0. The molecule has 2 fully saturated rings. The van der Waals surface area contributed by atoms with Gasteiger partial charge in [-0.2, -0.15) is 5.10 Å². The van der Waals surface area contributed by atoms with Gasteiger partial charge in [-0.3, -0.25) is 9.69 Å². The van der Waals surface area contributed by atoms with Crippen molar-refractivity contribution < 1.29 is 4.79 Å². The molecule has 1 aromatic heterocycles. The Morgan fingerprint density at radius 2 is 1.67 bits per heavy atom. The zero-order valence-electron chi connectivity index (χ0n) is 17.2. The number of hydrogen-bond donors (Lipinski definition) is 1. The van der Waals surface area contributed by atoms with Crippen molar-refractivity contribution in [3.05, 3.63) is 83.7 Å². The second-order valence-corrected chi connectivity index (χ2v) is 8.34. The molecule has 1 amide bonds. The lowest BCUT2D eigenvalue weighted by Gasteiger charge is -2.28. The highest BCUT2D eigenvalue weighted by Crippen LogP contribution is 2.42. The zero-order valence-corrected chi connectivity index (χ0v) is 17.2. The second kappa shape index (κ2) is 8.44. The quantitative estimate of drug-likeness (QED) is 0.643. The first-order chi connectivity index (χ1) is 14.8. The number of benzene rings is 2. The van der Waals surface area contributed by atoms with Crippen LogP contribution in [-0.4, -0.2) is 40.2 Å². The average molecular weight is 401 g/mol. The van der Waals surface area contributed by atoms with Gasteiger partial charge in [0.25, 0.3) is 5.91 Å². The van der Waals surface area contributed by atoms with Crippen molar-refractivity contribution in [3.63, 3.8) is 0 Å². The molecule has 5 heteroatoms. The molecule has 1 aliphatic carbocycles. The molecule has 1 saturated heterocycles. The van der Waals surface area contributed by atoms with Crippen LogP contribution in [0.1, 0.15) is 59.3 Å². The number of nitrogens with zero attached hydrogens (tertiary/aromatic N) is 3. The molecule has 5 nitrogen and oxygen atoms in total. The number of nitrogens with one attached hydrogen (secondary N) is 1. The number of hydrogen-bond acceptors (Lipinski definition) is 3. The summed E-state index contributed by atoms with van der Waals surface area (Å²) in [6, 6.07) is 20.8. The van der Waals surface area contributed by atoms with Gasteiger partial charge in [0.1, 0.15) is 0 Å². The Morgan fingerprint density at radius 3 is 2.33 bits per heavy atom. The molecule has 5 rings (SSSR count). The first-order valence-corrected chi connectivity index (χ1v) is 11.0. The van der Waals surface area contributed by atoms with Crippen molar-refractivity contribution in [2.45, 2.75) is 37.6 Å². The summed E-state index contributed by atoms with van der Waals surface area (Å²) in [6.07, 6.45) is 6.45. The van der Waals surface area contributed by atoms with Gasteiger partial charge in [0.05, 0.1) is 29.2 Å². The predicted molar refractivity (Wildman–Crippen MR) is 118 cm³/mol.